The smallest absolute Gasteiger partial charge is 0.320 e. The lowest BCUT2D eigenvalue weighted by Crippen LogP contribution is -2.36. The van der Waals surface area contributed by atoms with Crippen LogP contribution in [-0.2, 0) is 6.54 Å². The molecule has 1 aliphatic carbocycles. The Kier molecular flexibility index (Phi) is 4.50. The molecule has 2 heterocycles. The molecule has 2 aromatic heterocycles. The van der Waals surface area contributed by atoms with Gasteiger partial charge in [0.25, 0.3) is 0 Å². The third-order valence-corrected chi connectivity index (χ3v) is 3.76. The number of halogens is 1. The third-order valence-electron chi connectivity index (χ3n) is 3.76. The number of nitrogens with zero attached hydrogens (tertiary/aromatic N) is 3. The summed E-state index contributed by atoms with van der Waals surface area (Å²) in [5, 5.41) is 2.71. The number of pyridine rings is 2. The number of amides is 2. The summed E-state index contributed by atoms with van der Waals surface area (Å²) in [4.78, 5) is 22.3. The van der Waals surface area contributed by atoms with Crippen molar-refractivity contribution in [3.05, 3.63) is 53.9 Å². The van der Waals surface area contributed by atoms with Crippen molar-refractivity contribution in [2.75, 3.05) is 11.9 Å². The summed E-state index contributed by atoms with van der Waals surface area (Å²) in [6.45, 7) is 3.11. The molecule has 0 radical (unpaired) electrons. The van der Waals surface area contributed by atoms with Crippen molar-refractivity contribution < 1.29 is 9.18 Å². The average Bonchev–Trinajstić information content (AvgIpc) is 3.33. The zero-order valence-corrected chi connectivity index (χ0v) is 13.0. The Bertz CT molecular complexity index is 685. The summed E-state index contributed by atoms with van der Waals surface area (Å²) in [6, 6.07) is 4.91. The second kappa shape index (κ2) is 6.73. The highest BCUT2D eigenvalue weighted by Gasteiger charge is 2.27. The van der Waals surface area contributed by atoms with Gasteiger partial charge in [0.1, 0.15) is 5.82 Å². The fourth-order valence-corrected chi connectivity index (χ4v) is 2.33. The van der Waals surface area contributed by atoms with E-state index in [1.807, 2.05) is 19.1 Å². The Hall–Kier alpha value is -2.50. The number of aromatic nitrogens is 2. The zero-order chi connectivity index (χ0) is 16.2. The monoisotopic (exact) mass is 314 g/mol. The maximum absolute atomic E-state index is 13.2. The fraction of sp³-hybridized carbons (Fsp3) is 0.353. The molecular weight excluding hydrogens is 295 g/mol. The summed E-state index contributed by atoms with van der Waals surface area (Å²) in [6.07, 6.45) is 6.63. The van der Waals surface area contributed by atoms with E-state index in [2.05, 4.69) is 15.3 Å². The second-order valence-corrected chi connectivity index (χ2v) is 5.95. The highest BCUT2D eigenvalue weighted by Crippen LogP contribution is 2.30. The van der Waals surface area contributed by atoms with Gasteiger partial charge in [0.15, 0.2) is 0 Å². The van der Waals surface area contributed by atoms with Gasteiger partial charge >= 0.3 is 6.03 Å². The molecule has 0 atom stereocenters. The van der Waals surface area contributed by atoms with E-state index in [1.165, 1.54) is 12.3 Å². The van der Waals surface area contributed by atoms with Crippen molar-refractivity contribution in [3.8, 4) is 0 Å². The summed E-state index contributed by atoms with van der Waals surface area (Å²) in [7, 11) is 0. The Morgan fingerprint density at radius 1 is 1.35 bits per heavy atom. The van der Waals surface area contributed by atoms with E-state index in [0.717, 1.165) is 30.3 Å². The molecule has 2 amide bonds. The van der Waals surface area contributed by atoms with Crippen LogP contribution in [0.5, 0.6) is 0 Å². The first-order valence-electron chi connectivity index (χ1n) is 7.68. The van der Waals surface area contributed by atoms with Crippen LogP contribution in [0.3, 0.4) is 0 Å². The molecule has 1 fully saturated rings. The molecule has 1 saturated carbocycles. The Morgan fingerprint density at radius 2 is 2.17 bits per heavy atom. The molecule has 0 spiro atoms. The number of hydrogen-bond acceptors (Lipinski definition) is 3. The van der Waals surface area contributed by atoms with Crippen LogP contribution in [0.4, 0.5) is 14.9 Å². The summed E-state index contributed by atoms with van der Waals surface area (Å²) in [5.74, 6) is 0.0871. The van der Waals surface area contributed by atoms with Crippen LogP contribution in [-0.4, -0.2) is 27.4 Å². The van der Waals surface area contributed by atoms with Crippen LogP contribution in [0.1, 0.15) is 24.1 Å². The van der Waals surface area contributed by atoms with Gasteiger partial charge in [-0.2, -0.15) is 0 Å². The van der Waals surface area contributed by atoms with Crippen molar-refractivity contribution in [3.63, 3.8) is 0 Å². The number of nitrogens with one attached hydrogen (secondary N) is 1. The van der Waals surface area contributed by atoms with Crippen molar-refractivity contribution in [2.24, 2.45) is 5.92 Å². The van der Waals surface area contributed by atoms with Gasteiger partial charge in [-0.1, -0.05) is 6.07 Å². The maximum Gasteiger partial charge on any atom is 0.322 e. The molecule has 6 heteroatoms. The quantitative estimate of drug-likeness (QED) is 0.920. The van der Waals surface area contributed by atoms with E-state index >= 15 is 0 Å². The van der Waals surface area contributed by atoms with Crippen molar-refractivity contribution in [2.45, 2.75) is 26.3 Å². The second-order valence-electron chi connectivity index (χ2n) is 5.95. The maximum atomic E-state index is 13.2. The minimum Gasteiger partial charge on any atom is -0.320 e. The molecule has 1 N–H and O–H groups in total. The van der Waals surface area contributed by atoms with Crippen LogP contribution in [0.15, 0.2) is 36.8 Å². The lowest BCUT2D eigenvalue weighted by atomic mass is 10.2. The average molecular weight is 314 g/mol. The number of hydrogen-bond donors (Lipinski definition) is 1. The van der Waals surface area contributed by atoms with E-state index in [1.54, 1.807) is 11.1 Å². The minimum absolute atomic E-state index is 0.245. The Balaban J connectivity index is 1.69. The third kappa shape index (κ3) is 4.48. The molecule has 0 saturated heterocycles. The molecule has 2 aromatic rings. The van der Waals surface area contributed by atoms with Crippen LogP contribution in [0, 0.1) is 18.7 Å². The highest BCUT2D eigenvalue weighted by molar-refractivity contribution is 5.89. The zero-order valence-electron chi connectivity index (χ0n) is 13.0. The predicted molar refractivity (Wildman–Crippen MR) is 85.3 cm³/mol. The topological polar surface area (TPSA) is 58.1 Å². The molecule has 0 unspecified atom stereocenters. The van der Waals surface area contributed by atoms with E-state index in [-0.39, 0.29) is 6.03 Å². The van der Waals surface area contributed by atoms with Gasteiger partial charge in [0.2, 0.25) is 0 Å². The van der Waals surface area contributed by atoms with Crippen molar-refractivity contribution in [1.82, 2.24) is 14.9 Å². The molecule has 3 rings (SSSR count). The van der Waals surface area contributed by atoms with Crippen LogP contribution < -0.4 is 5.32 Å². The first kappa shape index (κ1) is 15.4. The van der Waals surface area contributed by atoms with E-state index in [9.17, 15) is 9.18 Å². The Morgan fingerprint density at radius 3 is 2.83 bits per heavy atom. The summed E-state index contributed by atoms with van der Waals surface area (Å²) < 4.78 is 13.2. The van der Waals surface area contributed by atoms with Crippen LogP contribution >= 0.6 is 0 Å². The normalized spacial score (nSPS) is 13.7. The standard InChI is InChI=1S/C17H19FN4O/c1-12-2-3-14(7-20-12)11-22(10-13-4-5-13)17(23)21-16-6-15(18)8-19-9-16/h2-3,6-9,13H,4-5,10-11H2,1H3,(H,21,23). The number of carbonyl (C=O) groups is 1. The van der Waals surface area contributed by atoms with Gasteiger partial charge in [-0.3, -0.25) is 9.97 Å². The minimum atomic E-state index is -0.473. The Labute approximate surface area is 134 Å². The van der Waals surface area contributed by atoms with Gasteiger partial charge < -0.3 is 10.2 Å². The first-order valence-corrected chi connectivity index (χ1v) is 7.68. The van der Waals surface area contributed by atoms with Crippen molar-refractivity contribution in [1.29, 1.82) is 0 Å². The summed E-state index contributed by atoms with van der Waals surface area (Å²) >= 11 is 0. The van der Waals surface area contributed by atoms with Gasteiger partial charge in [0, 0.05) is 31.0 Å². The molecule has 1 aliphatic rings. The van der Waals surface area contributed by atoms with Gasteiger partial charge in [-0.05, 0) is 37.3 Å². The summed E-state index contributed by atoms with van der Waals surface area (Å²) in [5.41, 5.74) is 2.28. The number of aryl methyl sites for hydroxylation is 1. The van der Waals surface area contributed by atoms with Gasteiger partial charge in [-0.15, -0.1) is 0 Å². The van der Waals surface area contributed by atoms with E-state index in [4.69, 9.17) is 0 Å². The number of anilines is 1. The molecule has 23 heavy (non-hydrogen) atoms. The molecule has 5 nitrogen and oxygen atoms in total. The number of rotatable bonds is 5. The van der Waals surface area contributed by atoms with Crippen LogP contribution in [0.2, 0.25) is 0 Å². The van der Waals surface area contributed by atoms with Crippen LogP contribution in [0.25, 0.3) is 0 Å². The molecule has 0 bridgehead atoms. The predicted octanol–water partition coefficient (Wildman–Crippen LogP) is 3.37. The highest BCUT2D eigenvalue weighted by atomic mass is 19.1. The van der Waals surface area contributed by atoms with Gasteiger partial charge in [0.05, 0.1) is 18.1 Å². The SMILES string of the molecule is Cc1ccc(CN(CC2CC2)C(=O)Nc2cncc(F)c2)cn1. The van der Waals surface area contributed by atoms with Gasteiger partial charge in [-0.25, -0.2) is 9.18 Å². The van der Waals surface area contributed by atoms with E-state index in [0.29, 0.717) is 24.7 Å². The lowest BCUT2D eigenvalue weighted by Gasteiger charge is -2.23. The first-order chi connectivity index (χ1) is 11.1. The lowest BCUT2D eigenvalue weighted by molar-refractivity contribution is 0.206. The van der Waals surface area contributed by atoms with E-state index < -0.39 is 5.82 Å². The fourth-order valence-electron chi connectivity index (χ4n) is 2.33. The number of carbonyl (C=O) groups excluding carboxylic acids is 1. The largest absolute Gasteiger partial charge is 0.322 e. The molecule has 0 aromatic carbocycles. The number of urea groups is 1. The molecule has 0 aliphatic heterocycles. The molecular formula is C17H19FN4O. The molecule has 120 valence electrons. The van der Waals surface area contributed by atoms with Crippen molar-refractivity contribution >= 4 is 11.7 Å².